The van der Waals surface area contributed by atoms with Gasteiger partial charge in [-0.15, -0.1) is 6.54 Å². The van der Waals surface area contributed by atoms with E-state index in [-0.39, 0.29) is 46.5 Å². The Morgan fingerprint density at radius 3 is 2.31 bits per heavy atom. The van der Waals surface area contributed by atoms with Crippen LogP contribution < -0.4 is 30.1 Å². The molecule has 0 aromatic rings. The van der Waals surface area contributed by atoms with Gasteiger partial charge in [-0.1, -0.05) is 36.5 Å². The van der Waals surface area contributed by atoms with Crippen molar-refractivity contribution in [1.82, 2.24) is 5.32 Å². The monoisotopic (exact) mass is 312 g/mol. The van der Waals surface area contributed by atoms with Crippen molar-refractivity contribution >= 4 is 8.24 Å². The molecule has 0 aliphatic heterocycles. The van der Waals surface area contributed by atoms with E-state index in [1.165, 1.54) is 5.20 Å². The quantitative estimate of drug-likeness (QED) is 0.407. The number of allylic oxidation sites excluding steroid dienone is 4. The summed E-state index contributed by atoms with van der Waals surface area (Å²) in [4.78, 5) is 4.76. The topological polar surface area (TPSA) is 26.1 Å². The predicted octanol–water partition coefficient (Wildman–Crippen LogP) is -3.97. The minimum absolute atomic E-state index is 0. The van der Waals surface area contributed by atoms with E-state index in [0.717, 1.165) is 13.1 Å². The molecule has 0 bridgehead atoms. The molecule has 90 valence electrons. The van der Waals surface area contributed by atoms with Crippen molar-refractivity contribution in [1.29, 1.82) is 0 Å². The fourth-order valence-electron chi connectivity index (χ4n) is 1.32. The molecule has 1 N–H and O–H groups in total. The fourth-order valence-corrected chi connectivity index (χ4v) is 3.18. The second-order valence-electron chi connectivity index (χ2n) is 3.72. The Labute approximate surface area is 128 Å². The molecule has 0 unspecified atom stereocenters. The number of rotatable bonds is 5. The van der Waals surface area contributed by atoms with Crippen molar-refractivity contribution in [3.8, 4) is 0 Å². The van der Waals surface area contributed by atoms with E-state index < -0.39 is 8.24 Å². The van der Waals surface area contributed by atoms with Crippen molar-refractivity contribution in [2.75, 3.05) is 20.1 Å². The van der Waals surface area contributed by atoms with Crippen LogP contribution in [0, 0.1) is 6.42 Å². The molecule has 0 amide bonds. The van der Waals surface area contributed by atoms with Gasteiger partial charge in [-0.05, 0) is 21.8 Å². The Hall–Kier alpha value is 0.911. The first kappa shape index (κ1) is 22.1. The second-order valence-corrected chi connectivity index (χ2v) is 7.73. The van der Waals surface area contributed by atoms with Gasteiger partial charge < -0.3 is 35.1 Å². The van der Waals surface area contributed by atoms with E-state index in [2.05, 4.69) is 43.1 Å². The SMILES string of the molecule is CNCC[N-][Si](C)(C)C1=CC=C[CH]1.[Cl-].[Cl-].[Ti+3]. The summed E-state index contributed by atoms with van der Waals surface area (Å²) >= 11 is 0. The van der Waals surface area contributed by atoms with E-state index in [9.17, 15) is 0 Å². The smallest absolute Gasteiger partial charge is 1.00 e. The number of hydrogen-bond donors (Lipinski definition) is 1. The maximum atomic E-state index is 4.76. The average Bonchev–Trinajstić information content (AvgIpc) is 2.56. The van der Waals surface area contributed by atoms with Gasteiger partial charge in [0.2, 0.25) is 0 Å². The molecule has 16 heavy (non-hydrogen) atoms. The van der Waals surface area contributed by atoms with E-state index in [1.54, 1.807) is 0 Å². The molecule has 0 heterocycles. The van der Waals surface area contributed by atoms with Gasteiger partial charge in [0.05, 0.1) is 0 Å². The van der Waals surface area contributed by atoms with Crippen molar-refractivity contribution in [2.24, 2.45) is 0 Å². The molecule has 0 saturated carbocycles. The van der Waals surface area contributed by atoms with Crippen LogP contribution in [0.2, 0.25) is 13.1 Å². The van der Waals surface area contributed by atoms with Crippen LogP contribution in [0.1, 0.15) is 0 Å². The summed E-state index contributed by atoms with van der Waals surface area (Å²) in [5.41, 5.74) is 0. The normalized spacial score (nSPS) is 13.3. The summed E-state index contributed by atoms with van der Waals surface area (Å²) in [6, 6.07) is 0. The Morgan fingerprint density at radius 1 is 1.25 bits per heavy atom. The fraction of sp³-hybridized carbons (Fsp3) is 0.500. The van der Waals surface area contributed by atoms with E-state index in [4.69, 9.17) is 4.98 Å². The molecule has 0 spiro atoms. The molecule has 0 aromatic heterocycles. The van der Waals surface area contributed by atoms with Gasteiger partial charge in [-0.25, -0.2) is 0 Å². The Bertz CT molecular complexity index is 233. The zero-order chi connectivity index (χ0) is 9.73. The van der Waals surface area contributed by atoms with E-state index >= 15 is 0 Å². The van der Waals surface area contributed by atoms with Crippen LogP contribution in [0.3, 0.4) is 0 Å². The third-order valence-electron chi connectivity index (χ3n) is 2.24. The first-order chi connectivity index (χ1) is 6.17. The first-order valence-electron chi connectivity index (χ1n) is 4.72. The number of likely N-dealkylation sites (N-methyl/N-ethyl adjacent to an activating group) is 1. The van der Waals surface area contributed by atoms with Gasteiger partial charge >= 0.3 is 21.7 Å². The molecular weight excluding hydrogens is 295 g/mol. The summed E-state index contributed by atoms with van der Waals surface area (Å²) in [6.07, 6.45) is 8.57. The first-order valence-corrected chi connectivity index (χ1v) is 7.67. The van der Waals surface area contributed by atoms with Gasteiger partial charge in [0.1, 0.15) is 0 Å². The molecule has 6 heteroatoms. The summed E-state index contributed by atoms with van der Waals surface area (Å²) in [6.45, 7) is 6.49. The zero-order valence-corrected chi connectivity index (χ0v) is 14.0. The number of halogens is 2. The van der Waals surface area contributed by atoms with Crippen LogP contribution in [0.4, 0.5) is 0 Å². The summed E-state index contributed by atoms with van der Waals surface area (Å²) in [7, 11) is 0.485. The Kier molecular flexibility index (Phi) is 15.2. The minimum Gasteiger partial charge on any atom is -1.00 e. The molecule has 2 radical (unpaired) electrons. The second kappa shape index (κ2) is 11.0. The van der Waals surface area contributed by atoms with Crippen LogP contribution in [0.15, 0.2) is 23.4 Å². The van der Waals surface area contributed by atoms with Gasteiger partial charge in [0.25, 0.3) is 0 Å². The molecule has 0 fully saturated rings. The van der Waals surface area contributed by atoms with Crippen LogP contribution >= 0.6 is 0 Å². The van der Waals surface area contributed by atoms with Crippen molar-refractivity contribution in [2.45, 2.75) is 13.1 Å². The van der Waals surface area contributed by atoms with E-state index in [0.29, 0.717) is 0 Å². The van der Waals surface area contributed by atoms with Crippen molar-refractivity contribution < 1.29 is 46.5 Å². The summed E-state index contributed by atoms with van der Waals surface area (Å²) in [5, 5.41) is 4.55. The van der Waals surface area contributed by atoms with E-state index in [1.807, 2.05) is 7.05 Å². The van der Waals surface area contributed by atoms with Crippen LogP contribution in [-0.4, -0.2) is 28.4 Å². The van der Waals surface area contributed by atoms with Crippen molar-refractivity contribution in [3.63, 3.8) is 0 Å². The molecule has 1 aliphatic rings. The van der Waals surface area contributed by atoms with Gasteiger partial charge in [0.15, 0.2) is 0 Å². The molecule has 0 saturated heterocycles. The summed E-state index contributed by atoms with van der Waals surface area (Å²) < 4.78 is 0. The van der Waals surface area contributed by atoms with Gasteiger partial charge in [0, 0.05) is 6.42 Å². The molecular formula is C10H18Cl2N2SiTi. The maximum absolute atomic E-state index is 4.76. The third-order valence-corrected chi connectivity index (χ3v) is 5.00. The summed E-state index contributed by atoms with van der Waals surface area (Å²) in [5.74, 6) is 0. The molecule has 0 aromatic carbocycles. The van der Waals surface area contributed by atoms with Gasteiger partial charge in [-0.2, -0.15) is 0 Å². The third kappa shape index (κ3) is 7.28. The predicted molar refractivity (Wildman–Crippen MR) is 61.2 cm³/mol. The Balaban J connectivity index is -0.000000563. The van der Waals surface area contributed by atoms with Gasteiger partial charge in [-0.3, -0.25) is 0 Å². The maximum Gasteiger partial charge on any atom is 3.00 e. The Morgan fingerprint density at radius 2 is 1.88 bits per heavy atom. The number of hydrogen-bond acceptors (Lipinski definition) is 1. The number of nitrogens with zero attached hydrogens (tertiary/aromatic N) is 1. The van der Waals surface area contributed by atoms with Crippen LogP contribution in [0.5, 0.6) is 0 Å². The standard InChI is InChI=1S/C10H18N2Si.2ClH.Ti/c1-11-8-9-12-13(2,3)10-6-4-5-7-10;;;/h4-7,11H,8-9H2,1-3H3;2*1H;/q-1;;;+3/p-2. The van der Waals surface area contributed by atoms with Crippen molar-refractivity contribution in [3.05, 3.63) is 34.8 Å². The molecule has 1 rings (SSSR count). The number of nitrogens with one attached hydrogen (secondary N) is 1. The average molecular weight is 313 g/mol. The molecule has 1 aliphatic carbocycles. The minimum atomic E-state index is -1.48. The molecule has 2 nitrogen and oxygen atoms in total. The zero-order valence-electron chi connectivity index (χ0n) is 9.93. The van der Waals surface area contributed by atoms with Crippen LogP contribution in [0.25, 0.3) is 4.98 Å². The molecule has 0 atom stereocenters. The largest absolute Gasteiger partial charge is 3.00 e. The van der Waals surface area contributed by atoms with Crippen LogP contribution in [-0.2, 0) is 21.7 Å².